The fourth-order valence-corrected chi connectivity index (χ4v) is 3.95. The molecule has 1 aromatic heterocycles. The minimum atomic E-state index is -0.465. The van der Waals surface area contributed by atoms with E-state index in [1.807, 2.05) is 6.07 Å². The fourth-order valence-electron chi connectivity index (χ4n) is 3.95. The normalized spacial score (nSPS) is 15.3. The van der Waals surface area contributed by atoms with Gasteiger partial charge in [0.1, 0.15) is 0 Å². The Balaban J connectivity index is 1.49. The smallest absolute Gasteiger partial charge is 0.277 e. The van der Waals surface area contributed by atoms with Crippen LogP contribution in [-0.4, -0.2) is 34.3 Å². The van der Waals surface area contributed by atoms with E-state index in [4.69, 9.17) is 9.78 Å². The lowest BCUT2D eigenvalue weighted by atomic mass is 9.98. The molecule has 2 heterocycles. The molecule has 0 radical (unpaired) electrons. The SMILES string of the molecule is CC(=O)Nc1ccc(C(=O)N2CCCCC2c2cc(C(=O)Nc3cccc(C#N)c3)no2)cc1. The van der Waals surface area contributed by atoms with Gasteiger partial charge in [-0.15, -0.1) is 0 Å². The van der Waals surface area contributed by atoms with Gasteiger partial charge in [0.25, 0.3) is 11.8 Å². The van der Waals surface area contributed by atoms with Crippen molar-refractivity contribution in [2.24, 2.45) is 0 Å². The molecule has 1 fully saturated rings. The third-order valence-corrected chi connectivity index (χ3v) is 5.55. The molecular formula is C25H23N5O4. The van der Waals surface area contributed by atoms with E-state index >= 15 is 0 Å². The molecule has 0 aliphatic carbocycles. The number of carbonyl (C=O) groups excluding carboxylic acids is 3. The maximum absolute atomic E-state index is 13.2. The number of hydrogen-bond donors (Lipinski definition) is 2. The van der Waals surface area contributed by atoms with Crippen LogP contribution in [0.25, 0.3) is 0 Å². The highest BCUT2D eigenvalue weighted by Gasteiger charge is 2.32. The van der Waals surface area contributed by atoms with Gasteiger partial charge in [-0.25, -0.2) is 0 Å². The lowest BCUT2D eigenvalue weighted by molar-refractivity contribution is -0.114. The first-order valence-electron chi connectivity index (χ1n) is 10.9. The summed E-state index contributed by atoms with van der Waals surface area (Å²) in [5, 5.41) is 18.3. The molecule has 34 heavy (non-hydrogen) atoms. The van der Waals surface area contributed by atoms with Gasteiger partial charge in [-0.05, 0) is 61.7 Å². The maximum atomic E-state index is 13.2. The Hall–Kier alpha value is -4.45. The van der Waals surface area contributed by atoms with Crippen LogP contribution in [-0.2, 0) is 4.79 Å². The van der Waals surface area contributed by atoms with Crippen LogP contribution in [0.15, 0.2) is 59.1 Å². The number of rotatable bonds is 5. The van der Waals surface area contributed by atoms with Crippen molar-refractivity contribution in [3.05, 3.63) is 77.2 Å². The number of hydrogen-bond acceptors (Lipinski definition) is 6. The number of aromatic nitrogens is 1. The van der Waals surface area contributed by atoms with Crippen molar-refractivity contribution in [3.63, 3.8) is 0 Å². The summed E-state index contributed by atoms with van der Waals surface area (Å²) >= 11 is 0. The van der Waals surface area contributed by atoms with E-state index in [1.54, 1.807) is 59.5 Å². The second kappa shape index (κ2) is 10.0. The van der Waals surface area contributed by atoms with Gasteiger partial charge >= 0.3 is 0 Å². The van der Waals surface area contributed by atoms with Crippen molar-refractivity contribution in [1.82, 2.24) is 10.1 Å². The number of nitrogens with one attached hydrogen (secondary N) is 2. The van der Waals surface area contributed by atoms with Crippen molar-refractivity contribution in [1.29, 1.82) is 5.26 Å². The van der Waals surface area contributed by atoms with Crippen LogP contribution in [0.5, 0.6) is 0 Å². The molecule has 1 aliphatic heterocycles. The lowest BCUT2D eigenvalue weighted by Crippen LogP contribution is -2.38. The van der Waals surface area contributed by atoms with E-state index in [2.05, 4.69) is 15.8 Å². The van der Waals surface area contributed by atoms with Gasteiger partial charge in [-0.1, -0.05) is 11.2 Å². The van der Waals surface area contributed by atoms with Gasteiger partial charge in [0.15, 0.2) is 11.5 Å². The number of amides is 3. The van der Waals surface area contributed by atoms with Gasteiger partial charge in [-0.2, -0.15) is 5.26 Å². The molecule has 172 valence electrons. The number of carbonyl (C=O) groups is 3. The number of anilines is 2. The standard InChI is InChI=1S/C25H23N5O4/c1-16(31)27-19-10-8-18(9-11-19)25(33)30-12-3-2-7-22(30)23-14-21(29-34-23)24(32)28-20-6-4-5-17(13-20)15-26/h4-6,8-11,13-14,22H,2-3,7,12H2,1H3,(H,27,31)(H,28,32). The molecule has 9 heteroatoms. The Kier molecular flexibility index (Phi) is 6.69. The van der Waals surface area contributed by atoms with Gasteiger partial charge in [0.05, 0.1) is 17.7 Å². The van der Waals surface area contributed by atoms with Gasteiger partial charge < -0.3 is 20.1 Å². The Morgan fingerprint density at radius 3 is 2.59 bits per heavy atom. The Morgan fingerprint density at radius 1 is 1.06 bits per heavy atom. The number of piperidine rings is 1. The van der Waals surface area contributed by atoms with Crippen LogP contribution < -0.4 is 10.6 Å². The molecule has 2 aromatic carbocycles. The number of nitrogens with zero attached hydrogens (tertiary/aromatic N) is 3. The predicted molar refractivity (Wildman–Crippen MR) is 124 cm³/mol. The topological polar surface area (TPSA) is 128 Å². The van der Waals surface area contributed by atoms with Crippen LogP contribution in [0.1, 0.15) is 64.4 Å². The van der Waals surface area contributed by atoms with E-state index < -0.39 is 5.91 Å². The second-order valence-electron chi connectivity index (χ2n) is 8.03. The molecule has 1 unspecified atom stereocenters. The average Bonchev–Trinajstić information content (AvgIpc) is 3.34. The second-order valence-corrected chi connectivity index (χ2v) is 8.03. The molecule has 9 nitrogen and oxygen atoms in total. The third kappa shape index (κ3) is 5.13. The molecule has 0 spiro atoms. The lowest BCUT2D eigenvalue weighted by Gasteiger charge is -2.34. The first kappa shape index (κ1) is 22.7. The highest BCUT2D eigenvalue weighted by Crippen LogP contribution is 2.33. The van der Waals surface area contributed by atoms with Crippen LogP contribution in [0, 0.1) is 11.3 Å². The summed E-state index contributed by atoms with van der Waals surface area (Å²) in [6.07, 6.45) is 2.47. The quantitative estimate of drug-likeness (QED) is 0.593. The molecule has 2 N–H and O–H groups in total. The van der Waals surface area contributed by atoms with E-state index in [0.29, 0.717) is 41.2 Å². The molecule has 3 aromatic rings. The predicted octanol–water partition coefficient (Wildman–Crippen LogP) is 4.12. The summed E-state index contributed by atoms with van der Waals surface area (Å²) in [6.45, 7) is 1.98. The van der Waals surface area contributed by atoms with E-state index in [9.17, 15) is 14.4 Å². The number of nitriles is 1. The molecular weight excluding hydrogens is 434 g/mol. The first-order valence-corrected chi connectivity index (χ1v) is 10.9. The zero-order valence-corrected chi connectivity index (χ0v) is 18.6. The third-order valence-electron chi connectivity index (χ3n) is 5.55. The molecule has 1 saturated heterocycles. The molecule has 4 rings (SSSR count). The van der Waals surface area contributed by atoms with Crippen molar-refractivity contribution in [2.45, 2.75) is 32.2 Å². The Morgan fingerprint density at radius 2 is 1.85 bits per heavy atom. The summed E-state index contributed by atoms with van der Waals surface area (Å²) in [5.74, 6) is -0.362. The van der Waals surface area contributed by atoms with Crippen LogP contribution in [0.4, 0.5) is 11.4 Å². The fraction of sp³-hybridized carbons (Fsp3) is 0.240. The Bertz CT molecular complexity index is 1260. The molecule has 1 atom stereocenters. The van der Waals surface area contributed by atoms with Gasteiger partial charge in [0, 0.05) is 36.5 Å². The minimum absolute atomic E-state index is 0.0926. The minimum Gasteiger partial charge on any atom is -0.358 e. The monoisotopic (exact) mass is 457 g/mol. The van der Waals surface area contributed by atoms with Gasteiger partial charge in [-0.3, -0.25) is 14.4 Å². The summed E-state index contributed by atoms with van der Waals surface area (Å²) < 4.78 is 5.48. The molecule has 0 saturated carbocycles. The van der Waals surface area contributed by atoms with Crippen molar-refractivity contribution >= 4 is 29.1 Å². The molecule has 3 amide bonds. The zero-order valence-electron chi connectivity index (χ0n) is 18.6. The van der Waals surface area contributed by atoms with Crippen LogP contribution in [0.3, 0.4) is 0 Å². The summed E-state index contributed by atoms with van der Waals surface area (Å²) in [6, 6.07) is 16.5. The number of benzene rings is 2. The number of likely N-dealkylation sites (tertiary alicyclic amines) is 1. The average molecular weight is 457 g/mol. The van der Waals surface area contributed by atoms with E-state index in [1.165, 1.54) is 6.92 Å². The zero-order chi connectivity index (χ0) is 24.1. The summed E-state index contributed by atoms with van der Waals surface area (Å²) in [4.78, 5) is 38.8. The largest absolute Gasteiger partial charge is 0.358 e. The van der Waals surface area contributed by atoms with Crippen LogP contribution in [0.2, 0.25) is 0 Å². The summed E-state index contributed by atoms with van der Waals surface area (Å²) in [7, 11) is 0. The van der Waals surface area contributed by atoms with E-state index in [0.717, 1.165) is 12.8 Å². The first-order chi connectivity index (χ1) is 16.4. The molecule has 0 bridgehead atoms. The Labute approximate surface area is 196 Å². The van der Waals surface area contributed by atoms with E-state index in [-0.39, 0.29) is 23.6 Å². The van der Waals surface area contributed by atoms with Gasteiger partial charge in [0.2, 0.25) is 5.91 Å². The highest BCUT2D eigenvalue weighted by atomic mass is 16.5. The highest BCUT2D eigenvalue weighted by molar-refractivity contribution is 6.03. The van der Waals surface area contributed by atoms with Crippen molar-refractivity contribution in [3.8, 4) is 6.07 Å². The van der Waals surface area contributed by atoms with Crippen molar-refractivity contribution in [2.75, 3.05) is 17.2 Å². The summed E-state index contributed by atoms with van der Waals surface area (Å²) in [5.41, 5.74) is 2.11. The van der Waals surface area contributed by atoms with Crippen LogP contribution >= 0.6 is 0 Å². The molecule has 1 aliphatic rings. The van der Waals surface area contributed by atoms with Crippen molar-refractivity contribution < 1.29 is 18.9 Å². The maximum Gasteiger partial charge on any atom is 0.277 e.